The highest BCUT2D eigenvalue weighted by molar-refractivity contribution is 7.20. The Labute approximate surface area is 270 Å². The van der Waals surface area contributed by atoms with Crippen molar-refractivity contribution in [1.29, 1.82) is 5.26 Å². The van der Waals surface area contributed by atoms with Gasteiger partial charge in [-0.3, -0.25) is 0 Å². The Kier molecular flexibility index (Phi) is 6.91. The molecular weight excluding hydrogens is 573 g/mol. The molecule has 0 amide bonds. The summed E-state index contributed by atoms with van der Waals surface area (Å²) in [6.45, 7) is 0. The average molecular weight is 603 g/mol. The van der Waals surface area contributed by atoms with E-state index in [9.17, 15) is 5.26 Å². The number of fused-ring (bicyclic) bond motifs is 3. The zero-order valence-electron chi connectivity index (χ0n) is 25.2. The maximum atomic E-state index is 10.9. The van der Waals surface area contributed by atoms with E-state index >= 15 is 0 Å². The van der Waals surface area contributed by atoms with E-state index in [4.69, 9.17) is 0 Å². The van der Waals surface area contributed by atoms with Crippen molar-refractivity contribution >= 4 is 50.6 Å². The van der Waals surface area contributed by atoms with Crippen LogP contribution in [-0.2, 0) is 0 Å². The van der Waals surface area contributed by atoms with E-state index < -0.39 is 8.07 Å². The Hall–Kier alpha value is -5.95. The molecule has 216 valence electrons. The summed E-state index contributed by atoms with van der Waals surface area (Å²) in [5, 5.41) is 18.2. The van der Waals surface area contributed by atoms with E-state index in [1.807, 2.05) is 0 Å². The van der Waals surface area contributed by atoms with Crippen LogP contribution in [0.1, 0.15) is 5.56 Å². The molecule has 7 aromatic carbocycles. The Bertz CT molecular complexity index is 2220. The van der Waals surface area contributed by atoms with Crippen molar-refractivity contribution in [3.8, 4) is 22.9 Å². The van der Waals surface area contributed by atoms with Gasteiger partial charge in [-0.15, -0.1) is 0 Å². The summed E-state index contributed by atoms with van der Waals surface area (Å²) < 4.78 is 2.36. The van der Waals surface area contributed by atoms with Crippen LogP contribution in [0.5, 0.6) is 0 Å². The molecule has 0 aliphatic heterocycles. The van der Waals surface area contributed by atoms with Gasteiger partial charge in [0, 0.05) is 16.3 Å². The van der Waals surface area contributed by atoms with Gasteiger partial charge in [0.15, 0.2) is 8.07 Å². The number of hydrogen-bond acceptors (Lipinski definition) is 1. The molecule has 2 nitrogen and oxygen atoms in total. The molecule has 0 aliphatic rings. The predicted molar refractivity (Wildman–Crippen MR) is 195 cm³/mol. The number of rotatable bonds is 6. The molecule has 0 spiro atoms. The van der Waals surface area contributed by atoms with Crippen LogP contribution < -0.4 is 20.7 Å². The lowest BCUT2D eigenvalue weighted by molar-refractivity contribution is 1.18. The molecule has 0 N–H and O–H groups in total. The van der Waals surface area contributed by atoms with E-state index in [0.29, 0.717) is 5.56 Å². The molecule has 0 saturated carbocycles. The van der Waals surface area contributed by atoms with Crippen LogP contribution in [0.4, 0.5) is 0 Å². The van der Waals surface area contributed by atoms with Crippen molar-refractivity contribution in [1.82, 2.24) is 4.57 Å². The van der Waals surface area contributed by atoms with Crippen LogP contribution in [0.15, 0.2) is 182 Å². The molecule has 1 heterocycles. The van der Waals surface area contributed by atoms with E-state index in [-0.39, 0.29) is 0 Å². The molecule has 46 heavy (non-hydrogen) atoms. The summed E-state index contributed by atoms with van der Waals surface area (Å²) in [7, 11) is -2.86. The minimum absolute atomic E-state index is 0.706. The second-order valence-electron chi connectivity index (χ2n) is 11.6. The van der Waals surface area contributed by atoms with E-state index in [1.165, 1.54) is 26.3 Å². The topological polar surface area (TPSA) is 28.7 Å². The molecule has 1 aromatic heterocycles. The first kappa shape index (κ1) is 27.6. The molecule has 0 radical (unpaired) electrons. The number of nitriles is 1. The maximum absolute atomic E-state index is 10.9. The maximum Gasteiger partial charge on any atom is 0.180 e. The minimum atomic E-state index is -2.86. The molecule has 8 aromatic rings. The van der Waals surface area contributed by atoms with Crippen LogP contribution in [0, 0.1) is 11.3 Å². The van der Waals surface area contributed by atoms with Gasteiger partial charge in [-0.2, -0.15) is 5.26 Å². The Morgan fingerprint density at radius 3 is 1.43 bits per heavy atom. The summed E-state index contributed by atoms with van der Waals surface area (Å²) in [5.74, 6) is 0. The molecule has 3 heteroatoms. The number of nitrogens with zero attached hydrogens (tertiary/aromatic N) is 2. The Balaban J connectivity index is 1.40. The lowest BCUT2D eigenvalue weighted by Crippen LogP contribution is -2.75. The zero-order valence-corrected chi connectivity index (χ0v) is 26.2. The van der Waals surface area contributed by atoms with E-state index in [1.54, 1.807) is 0 Å². The molecule has 8 rings (SSSR count). The van der Waals surface area contributed by atoms with Crippen molar-refractivity contribution in [2.24, 2.45) is 0 Å². The van der Waals surface area contributed by atoms with Crippen molar-refractivity contribution in [2.45, 2.75) is 0 Å². The fraction of sp³-hybridized carbons (Fsp3) is 0. The third-order valence-electron chi connectivity index (χ3n) is 9.20. The van der Waals surface area contributed by atoms with Crippen LogP contribution in [0.25, 0.3) is 38.6 Å². The zero-order chi connectivity index (χ0) is 30.9. The van der Waals surface area contributed by atoms with Gasteiger partial charge in [0.25, 0.3) is 0 Å². The summed E-state index contributed by atoms with van der Waals surface area (Å²) in [6.07, 6.45) is 0. The van der Waals surface area contributed by atoms with E-state index in [0.717, 1.165) is 33.0 Å². The van der Waals surface area contributed by atoms with Gasteiger partial charge in [0.05, 0.1) is 28.4 Å². The van der Waals surface area contributed by atoms with Gasteiger partial charge in [0.2, 0.25) is 0 Å². The number of benzene rings is 7. The quantitative estimate of drug-likeness (QED) is 0.142. The molecule has 0 aliphatic carbocycles. The summed E-state index contributed by atoms with van der Waals surface area (Å²) in [6, 6.07) is 67.3. The largest absolute Gasteiger partial charge is 0.309 e. The third kappa shape index (κ3) is 4.31. The van der Waals surface area contributed by atoms with Gasteiger partial charge in [-0.05, 0) is 50.6 Å². The van der Waals surface area contributed by atoms with Crippen molar-refractivity contribution < 1.29 is 0 Å². The van der Waals surface area contributed by atoms with Gasteiger partial charge in [-0.1, -0.05) is 158 Å². The van der Waals surface area contributed by atoms with Crippen molar-refractivity contribution in [3.05, 3.63) is 188 Å². The number of aromatic nitrogens is 1. The van der Waals surface area contributed by atoms with E-state index in [2.05, 4.69) is 193 Å². The lowest BCUT2D eigenvalue weighted by atomic mass is 10.0. The SMILES string of the molecule is N#Cc1cc(-c2ccccc2-n2c3ccccc3c3ccccc32)ccc1[Si](c1ccccc1)(c1ccccc1)c1ccccc1. The molecule has 0 unspecified atom stereocenters. The minimum Gasteiger partial charge on any atom is -0.309 e. The normalized spacial score (nSPS) is 11.5. The smallest absolute Gasteiger partial charge is 0.180 e. The molecular formula is C43H30N2Si. The number of hydrogen-bond donors (Lipinski definition) is 0. The average Bonchev–Trinajstić information content (AvgIpc) is 3.48. The lowest BCUT2D eigenvalue weighted by Gasteiger charge is -2.35. The van der Waals surface area contributed by atoms with Crippen LogP contribution in [-0.4, -0.2) is 12.6 Å². The monoisotopic (exact) mass is 602 g/mol. The fourth-order valence-corrected chi connectivity index (χ4v) is 12.1. The van der Waals surface area contributed by atoms with Gasteiger partial charge >= 0.3 is 0 Å². The summed E-state index contributed by atoms with van der Waals surface area (Å²) in [4.78, 5) is 0. The molecule has 0 saturated heterocycles. The number of para-hydroxylation sites is 3. The second-order valence-corrected chi connectivity index (χ2v) is 15.4. The Morgan fingerprint density at radius 2 is 0.913 bits per heavy atom. The molecule has 0 atom stereocenters. The van der Waals surface area contributed by atoms with Crippen molar-refractivity contribution in [3.63, 3.8) is 0 Å². The standard InChI is InChI=1S/C43H30N2Si/c44-31-33-30-32(37-22-10-13-25-40(37)45-41-26-14-11-23-38(41)39-24-12-15-27-42(39)45)28-29-43(33)46(34-16-4-1-5-17-34,35-18-6-2-7-19-35)36-20-8-3-9-21-36/h1-30H. The van der Waals surface area contributed by atoms with Crippen LogP contribution in [0.2, 0.25) is 0 Å². The molecule has 0 bridgehead atoms. The van der Waals surface area contributed by atoms with Gasteiger partial charge in [0.1, 0.15) is 0 Å². The first-order valence-corrected chi connectivity index (χ1v) is 17.6. The van der Waals surface area contributed by atoms with Crippen LogP contribution >= 0.6 is 0 Å². The highest BCUT2D eigenvalue weighted by Crippen LogP contribution is 2.36. The molecule has 0 fully saturated rings. The third-order valence-corrected chi connectivity index (χ3v) is 14.0. The van der Waals surface area contributed by atoms with Crippen molar-refractivity contribution in [2.75, 3.05) is 0 Å². The summed E-state index contributed by atoms with van der Waals surface area (Å²) >= 11 is 0. The highest BCUT2D eigenvalue weighted by atomic mass is 28.3. The summed E-state index contributed by atoms with van der Waals surface area (Å²) in [5.41, 5.74) is 6.24. The van der Waals surface area contributed by atoms with Gasteiger partial charge in [-0.25, -0.2) is 0 Å². The van der Waals surface area contributed by atoms with Gasteiger partial charge < -0.3 is 4.57 Å². The first-order chi connectivity index (χ1) is 22.8. The fourth-order valence-electron chi connectivity index (χ4n) is 7.26. The Morgan fingerprint density at radius 1 is 0.457 bits per heavy atom. The first-order valence-electron chi connectivity index (χ1n) is 15.6. The van der Waals surface area contributed by atoms with Crippen LogP contribution in [0.3, 0.4) is 0 Å². The highest BCUT2D eigenvalue weighted by Gasteiger charge is 2.43. The second kappa shape index (κ2) is 11.5. The predicted octanol–water partition coefficient (Wildman–Crippen LogP) is 7.70.